The number of hydrogen-bond acceptors (Lipinski definition) is 4. The SMILES string of the molecule is Cc1ccc(C(=O)NNc2nc3c(F)cccc3s2)c(C)c1. The van der Waals surface area contributed by atoms with E-state index in [1.54, 1.807) is 18.2 Å². The molecule has 0 aliphatic rings. The van der Waals surface area contributed by atoms with Crippen LogP contribution < -0.4 is 10.9 Å². The third kappa shape index (κ3) is 2.78. The molecular formula is C16H14FN3OS. The standard InChI is InChI=1S/C16H14FN3OS/c1-9-6-7-11(10(2)8-9)15(21)19-20-16-18-14-12(17)4-3-5-13(14)22-16/h3-8H,1-2H3,(H,18,20)(H,19,21). The normalized spacial score (nSPS) is 10.7. The van der Waals surface area contributed by atoms with Crippen LogP contribution in [0.15, 0.2) is 36.4 Å². The van der Waals surface area contributed by atoms with Crippen molar-refractivity contribution in [1.82, 2.24) is 10.4 Å². The molecule has 0 radical (unpaired) electrons. The number of carbonyl (C=O) groups is 1. The second-order valence-electron chi connectivity index (χ2n) is 5.00. The maximum atomic E-state index is 13.6. The molecule has 6 heteroatoms. The maximum Gasteiger partial charge on any atom is 0.269 e. The first-order valence-corrected chi connectivity index (χ1v) is 7.55. The summed E-state index contributed by atoms with van der Waals surface area (Å²) in [6.45, 7) is 3.86. The second-order valence-corrected chi connectivity index (χ2v) is 6.03. The molecule has 1 heterocycles. The molecule has 0 atom stereocenters. The van der Waals surface area contributed by atoms with Crippen molar-refractivity contribution < 1.29 is 9.18 Å². The number of halogens is 1. The van der Waals surface area contributed by atoms with E-state index in [4.69, 9.17) is 0 Å². The minimum absolute atomic E-state index is 0.253. The number of rotatable bonds is 3. The molecule has 0 aliphatic heterocycles. The third-order valence-electron chi connectivity index (χ3n) is 3.28. The highest BCUT2D eigenvalue weighted by molar-refractivity contribution is 7.22. The van der Waals surface area contributed by atoms with Gasteiger partial charge in [-0.3, -0.25) is 15.6 Å². The van der Waals surface area contributed by atoms with Crippen LogP contribution in [-0.4, -0.2) is 10.9 Å². The van der Waals surface area contributed by atoms with Crippen LogP contribution in [0.1, 0.15) is 21.5 Å². The summed E-state index contributed by atoms with van der Waals surface area (Å²) >= 11 is 1.28. The number of amides is 1. The van der Waals surface area contributed by atoms with Crippen molar-refractivity contribution in [3.05, 3.63) is 58.9 Å². The van der Waals surface area contributed by atoms with Gasteiger partial charge in [-0.2, -0.15) is 0 Å². The van der Waals surface area contributed by atoms with Crippen molar-refractivity contribution in [2.45, 2.75) is 13.8 Å². The number of fused-ring (bicyclic) bond motifs is 1. The first kappa shape index (κ1) is 14.5. The van der Waals surface area contributed by atoms with Crippen LogP contribution in [0, 0.1) is 19.7 Å². The highest BCUT2D eigenvalue weighted by Gasteiger charge is 2.11. The summed E-state index contributed by atoms with van der Waals surface area (Å²) in [4.78, 5) is 16.3. The molecule has 0 bridgehead atoms. The molecule has 3 rings (SSSR count). The van der Waals surface area contributed by atoms with Gasteiger partial charge in [-0.05, 0) is 37.6 Å². The van der Waals surface area contributed by atoms with E-state index in [1.807, 2.05) is 26.0 Å². The summed E-state index contributed by atoms with van der Waals surface area (Å²) in [5, 5.41) is 0.443. The molecule has 0 aliphatic carbocycles. The third-order valence-corrected chi connectivity index (χ3v) is 4.22. The van der Waals surface area contributed by atoms with E-state index in [1.165, 1.54) is 17.4 Å². The van der Waals surface area contributed by atoms with Gasteiger partial charge in [-0.1, -0.05) is 35.1 Å². The van der Waals surface area contributed by atoms with E-state index in [-0.39, 0.29) is 11.7 Å². The van der Waals surface area contributed by atoms with Gasteiger partial charge < -0.3 is 0 Å². The van der Waals surface area contributed by atoms with Gasteiger partial charge in [0.15, 0.2) is 0 Å². The number of nitrogens with zero attached hydrogens (tertiary/aromatic N) is 1. The van der Waals surface area contributed by atoms with Crippen LogP contribution >= 0.6 is 11.3 Å². The monoisotopic (exact) mass is 315 g/mol. The molecule has 0 spiro atoms. The Bertz CT molecular complexity index is 860. The Hall–Kier alpha value is -2.47. The zero-order valence-corrected chi connectivity index (χ0v) is 12.9. The molecule has 2 N–H and O–H groups in total. The zero-order chi connectivity index (χ0) is 15.7. The summed E-state index contributed by atoms with van der Waals surface area (Å²) in [5.74, 6) is -0.625. The van der Waals surface area contributed by atoms with Gasteiger partial charge >= 0.3 is 0 Å². The van der Waals surface area contributed by atoms with Crippen molar-refractivity contribution in [2.75, 3.05) is 5.43 Å². The lowest BCUT2D eigenvalue weighted by Gasteiger charge is -2.08. The van der Waals surface area contributed by atoms with Crippen LogP contribution in [0.4, 0.5) is 9.52 Å². The Kier molecular flexibility index (Phi) is 3.77. The van der Waals surface area contributed by atoms with Gasteiger partial charge in [0.1, 0.15) is 11.3 Å². The molecule has 22 heavy (non-hydrogen) atoms. The Morgan fingerprint density at radius 1 is 1.23 bits per heavy atom. The average Bonchev–Trinajstić information content (AvgIpc) is 2.89. The molecule has 112 valence electrons. The fourth-order valence-corrected chi connectivity index (χ4v) is 3.05. The van der Waals surface area contributed by atoms with Crippen molar-refractivity contribution in [3.8, 4) is 0 Å². The van der Waals surface area contributed by atoms with Crippen molar-refractivity contribution in [3.63, 3.8) is 0 Å². The molecule has 0 saturated carbocycles. The number of para-hydroxylation sites is 1. The van der Waals surface area contributed by atoms with Gasteiger partial charge in [0.05, 0.1) is 4.70 Å². The van der Waals surface area contributed by atoms with E-state index in [0.717, 1.165) is 15.8 Å². The molecule has 0 saturated heterocycles. The van der Waals surface area contributed by atoms with Gasteiger partial charge in [0.25, 0.3) is 5.91 Å². The first-order valence-electron chi connectivity index (χ1n) is 6.73. The predicted octanol–water partition coefficient (Wildman–Crippen LogP) is 3.81. The highest BCUT2D eigenvalue weighted by atomic mass is 32.1. The Morgan fingerprint density at radius 2 is 2.05 bits per heavy atom. The Balaban J connectivity index is 1.76. The fourth-order valence-electron chi connectivity index (χ4n) is 2.21. The largest absolute Gasteiger partial charge is 0.273 e. The fraction of sp³-hybridized carbons (Fsp3) is 0.125. The van der Waals surface area contributed by atoms with E-state index >= 15 is 0 Å². The van der Waals surface area contributed by atoms with Gasteiger partial charge in [-0.25, -0.2) is 9.37 Å². The number of nitrogens with one attached hydrogen (secondary N) is 2. The summed E-state index contributed by atoms with van der Waals surface area (Å²) in [7, 11) is 0. The smallest absolute Gasteiger partial charge is 0.269 e. The minimum Gasteiger partial charge on any atom is -0.273 e. The number of aryl methyl sites for hydroxylation is 2. The number of benzene rings is 2. The molecular weight excluding hydrogens is 301 g/mol. The van der Waals surface area contributed by atoms with Gasteiger partial charge in [-0.15, -0.1) is 0 Å². The second kappa shape index (κ2) is 5.73. The van der Waals surface area contributed by atoms with E-state index in [9.17, 15) is 9.18 Å². The van der Waals surface area contributed by atoms with E-state index in [0.29, 0.717) is 16.2 Å². The molecule has 1 aromatic heterocycles. The number of thiazole rings is 1. The van der Waals surface area contributed by atoms with Gasteiger partial charge in [0, 0.05) is 5.56 Å². The van der Waals surface area contributed by atoms with Crippen LogP contribution in [-0.2, 0) is 0 Å². The quantitative estimate of drug-likeness (QED) is 0.723. The molecule has 2 aromatic carbocycles. The van der Waals surface area contributed by atoms with E-state index in [2.05, 4.69) is 15.8 Å². The lowest BCUT2D eigenvalue weighted by atomic mass is 10.1. The summed E-state index contributed by atoms with van der Waals surface area (Å²) in [6.07, 6.45) is 0. The molecule has 4 nitrogen and oxygen atoms in total. The topological polar surface area (TPSA) is 54.0 Å². The molecule has 1 amide bonds. The number of aromatic nitrogens is 1. The zero-order valence-electron chi connectivity index (χ0n) is 12.1. The van der Waals surface area contributed by atoms with E-state index < -0.39 is 0 Å². The number of hydrogen-bond donors (Lipinski definition) is 2. The van der Waals surface area contributed by atoms with Crippen molar-refractivity contribution in [1.29, 1.82) is 0 Å². The molecule has 3 aromatic rings. The number of carbonyl (C=O) groups excluding carboxylic acids is 1. The lowest BCUT2D eigenvalue weighted by Crippen LogP contribution is -2.29. The predicted molar refractivity (Wildman–Crippen MR) is 86.6 cm³/mol. The van der Waals surface area contributed by atoms with Crippen LogP contribution in [0.2, 0.25) is 0 Å². The maximum absolute atomic E-state index is 13.6. The van der Waals surface area contributed by atoms with Crippen molar-refractivity contribution >= 4 is 32.6 Å². The average molecular weight is 315 g/mol. The van der Waals surface area contributed by atoms with Gasteiger partial charge in [0.2, 0.25) is 5.13 Å². The lowest BCUT2D eigenvalue weighted by molar-refractivity contribution is 0.0962. The Labute approximate surface area is 131 Å². The number of anilines is 1. The van der Waals surface area contributed by atoms with Crippen LogP contribution in [0.5, 0.6) is 0 Å². The summed E-state index contributed by atoms with van der Waals surface area (Å²) < 4.78 is 14.3. The number of hydrazine groups is 1. The Morgan fingerprint density at radius 3 is 2.77 bits per heavy atom. The summed E-state index contributed by atoms with van der Waals surface area (Å²) in [6, 6.07) is 10.4. The van der Waals surface area contributed by atoms with Crippen molar-refractivity contribution in [2.24, 2.45) is 0 Å². The molecule has 0 fully saturated rings. The highest BCUT2D eigenvalue weighted by Crippen LogP contribution is 2.27. The first-order chi connectivity index (χ1) is 10.5. The van der Waals surface area contributed by atoms with Crippen LogP contribution in [0.25, 0.3) is 10.2 Å². The molecule has 0 unspecified atom stereocenters. The minimum atomic E-state index is -0.373. The summed E-state index contributed by atoms with van der Waals surface area (Å²) in [5.41, 5.74) is 8.22. The van der Waals surface area contributed by atoms with Crippen LogP contribution in [0.3, 0.4) is 0 Å².